The summed E-state index contributed by atoms with van der Waals surface area (Å²) in [6.45, 7) is -0.505. The van der Waals surface area contributed by atoms with Crippen molar-refractivity contribution >= 4 is 29.1 Å². The van der Waals surface area contributed by atoms with Gasteiger partial charge in [0.05, 0.1) is 18.8 Å². The van der Waals surface area contributed by atoms with Gasteiger partial charge < -0.3 is 9.47 Å². The number of halogens is 1. The minimum Gasteiger partial charge on any atom is -0.491 e. The van der Waals surface area contributed by atoms with Crippen LogP contribution >= 0.6 is 7.26 Å². The summed E-state index contributed by atoms with van der Waals surface area (Å²) in [4.78, 5) is 11.9. The van der Waals surface area contributed by atoms with Gasteiger partial charge in [-0.15, -0.1) is 0 Å². The number of alkyl halides is 1. The molecule has 0 saturated heterocycles. The van der Waals surface area contributed by atoms with E-state index < -0.39 is 13.9 Å². The number of methoxy groups -OCH3 is 1. The zero-order valence-electron chi connectivity index (χ0n) is 19.1. The molecular weight excluding hydrogens is 446 g/mol. The second kappa shape index (κ2) is 11.1. The lowest BCUT2D eigenvalue weighted by Gasteiger charge is -2.28. The third kappa shape index (κ3) is 5.03. The van der Waals surface area contributed by atoms with E-state index in [1.807, 2.05) is 54.6 Å². The Morgan fingerprint density at radius 1 is 0.765 bits per heavy atom. The predicted octanol–water partition coefficient (Wildman–Crippen LogP) is 5.32. The maximum absolute atomic E-state index is 12.8. The Hall–Kier alpha value is -3.49. The molecular formula is C29H27FO3P+. The summed E-state index contributed by atoms with van der Waals surface area (Å²) in [6.07, 6.45) is 0.759. The zero-order valence-corrected chi connectivity index (χ0v) is 20.0. The van der Waals surface area contributed by atoms with Gasteiger partial charge in [0.25, 0.3) is 0 Å². The average molecular weight is 474 g/mol. The maximum atomic E-state index is 12.8. The third-order valence-electron chi connectivity index (χ3n) is 5.79. The summed E-state index contributed by atoms with van der Waals surface area (Å²) in [5.41, 5.74) is 1.64. The lowest BCUT2D eigenvalue weighted by molar-refractivity contribution is 0.0600. The molecule has 0 aromatic heterocycles. The highest BCUT2D eigenvalue weighted by molar-refractivity contribution is 7.95. The van der Waals surface area contributed by atoms with E-state index in [4.69, 9.17) is 9.47 Å². The minimum atomic E-state index is -2.17. The molecule has 0 aliphatic carbocycles. The molecule has 0 spiro atoms. The van der Waals surface area contributed by atoms with Crippen LogP contribution in [-0.2, 0) is 10.9 Å². The molecule has 0 bridgehead atoms. The third-order valence-corrected chi connectivity index (χ3v) is 10.2. The molecule has 0 aliphatic rings. The molecule has 0 saturated carbocycles. The van der Waals surface area contributed by atoms with Gasteiger partial charge in [-0.05, 0) is 54.1 Å². The number of hydrogen-bond acceptors (Lipinski definition) is 3. The lowest BCUT2D eigenvalue weighted by Crippen LogP contribution is -2.32. The van der Waals surface area contributed by atoms with Crippen LogP contribution in [0, 0.1) is 0 Å². The highest BCUT2D eigenvalue weighted by atomic mass is 31.2. The van der Waals surface area contributed by atoms with Crippen LogP contribution < -0.4 is 20.7 Å². The second-order valence-electron chi connectivity index (χ2n) is 7.86. The first-order chi connectivity index (χ1) is 16.7. The van der Waals surface area contributed by atoms with Crippen molar-refractivity contribution in [2.75, 3.05) is 20.4 Å². The summed E-state index contributed by atoms with van der Waals surface area (Å²) < 4.78 is 23.3. The quantitative estimate of drug-likeness (QED) is 0.244. The SMILES string of the molecule is COC(=O)c1ccc(C[P+](c2ccccc2)(c2ccccc2)c2cccc(OCCF)c2)cc1. The molecule has 0 atom stereocenters. The van der Waals surface area contributed by atoms with Crippen molar-refractivity contribution in [3.8, 4) is 5.75 Å². The van der Waals surface area contributed by atoms with Crippen LogP contribution in [-0.4, -0.2) is 26.4 Å². The fourth-order valence-corrected chi connectivity index (χ4v) is 8.44. The van der Waals surface area contributed by atoms with E-state index in [0.717, 1.165) is 17.0 Å². The van der Waals surface area contributed by atoms with Gasteiger partial charge >= 0.3 is 5.97 Å². The van der Waals surface area contributed by atoms with E-state index in [9.17, 15) is 9.18 Å². The van der Waals surface area contributed by atoms with Crippen LogP contribution in [0.4, 0.5) is 4.39 Å². The molecule has 0 aliphatic heterocycles. The first kappa shape index (κ1) is 23.7. The molecule has 5 heteroatoms. The van der Waals surface area contributed by atoms with Gasteiger partial charge in [-0.25, -0.2) is 9.18 Å². The van der Waals surface area contributed by atoms with E-state index in [1.54, 1.807) is 0 Å². The van der Waals surface area contributed by atoms with Crippen LogP contribution in [0.25, 0.3) is 0 Å². The fourth-order valence-electron chi connectivity index (χ4n) is 4.19. The molecule has 4 aromatic carbocycles. The molecule has 0 unspecified atom stereocenters. The van der Waals surface area contributed by atoms with Gasteiger partial charge in [0.15, 0.2) is 0 Å². The van der Waals surface area contributed by atoms with Crippen molar-refractivity contribution in [1.29, 1.82) is 0 Å². The number of hydrogen-bond donors (Lipinski definition) is 0. The molecule has 0 radical (unpaired) electrons. The average Bonchev–Trinajstić information content (AvgIpc) is 2.91. The first-order valence-corrected chi connectivity index (χ1v) is 13.1. The van der Waals surface area contributed by atoms with Crippen molar-refractivity contribution in [3.63, 3.8) is 0 Å². The first-order valence-electron chi connectivity index (χ1n) is 11.1. The topological polar surface area (TPSA) is 35.5 Å². The number of rotatable bonds is 9. The van der Waals surface area contributed by atoms with E-state index >= 15 is 0 Å². The van der Waals surface area contributed by atoms with Crippen molar-refractivity contribution < 1.29 is 18.7 Å². The van der Waals surface area contributed by atoms with Gasteiger partial charge in [-0.1, -0.05) is 54.6 Å². The Morgan fingerprint density at radius 2 is 1.35 bits per heavy atom. The lowest BCUT2D eigenvalue weighted by atomic mass is 10.1. The molecule has 0 N–H and O–H groups in total. The monoisotopic (exact) mass is 473 g/mol. The molecule has 4 rings (SSSR count). The zero-order chi connectivity index (χ0) is 23.8. The largest absolute Gasteiger partial charge is 0.491 e. The Morgan fingerprint density at radius 3 is 1.91 bits per heavy atom. The highest BCUT2D eigenvalue weighted by Crippen LogP contribution is 2.58. The summed E-state index contributed by atoms with van der Waals surface area (Å²) in [5.74, 6) is 0.309. The van der Waals surface area contributed by atoms with E-state index in [2.05, 4.69) is 54.6 Å². The van der Waals surface area contributed by atoms with Gasteiger partial charge in [0, 0.05) is 6.07 Å². The minimum absolute atomic E-state index is 0.0283. The Labute approximate surface area is 200 Å². The van der Waals surface area contributed by atoms with Crippen LogP contribution in [0.15, 0.2) is 109 Å². The second-order valence-corrected chi connectivity index (χ2v) is 11.3. The number of benzene rings is 4. The van der Waals surface area contributed by atoms with Gasteiger partial charge in [-0.2, -0.15) is 0 Å². The summed E-state index contributed by atoms with van der Waals surface area (Å²) in [6, 6.07) is 36.7. The maximum Gasteiger partial charge on any atom is 0.337 e. The standard InChI is InChI=1S/C29H27FO3P/c1-32-29(31)24-17-15-23(16-18-24)22-34(26-10-4-2-5-11-26,27-12-6-3-7-13-27)28-14-8-9-25(21-28)33-20-19-30/h2-18,21H,19-20,22H2,1H3/q+1. The highest BCUT2D eigenvalue weighted by Gasteiger charge is 2.45. The summed E-state index contributed by atoms with van der Waals surface area (Å²) >= 11 is 0. The van der Waals surface area contributed by atoms with Crippen molar-refractivity contribution in [2.45, 2.75) is 6.16 Å². The Bertz CT molecular complexity index is 1170. The molecule has 0 fully saturated rings. The number of ether oxygens (including phenoxy) is 2. The molecule has 0 amide bonds. The van der Waals surface area contributed by atoms with E-state index in [0.29, 0.717) is 11.3 Å². The van der Waals surface area contributed by atoms with Crippen LogP contribution in [0.2, 0.25) is 0 Å². The normalized spacial score (nSPS) is 11.1. The number of esters is 1. The molecule has 172 valence electrons. The number of carbonyl (C=O) groups excluding carboxylic acids is 1. The fraction of sp³-hybridized carbons (Fsp3) is 0.138. The van der Waals surface area contributed by atoms with Gasteiger partial charge in [-0.3, -0.25) is 0 Å². The van der Waals surface area contributed by atoms with Gasteiger partial charge in [0.1, 0.15) is 42.2 Å². The van der Waals surface area contributed by atoms with Crippen molar-refractivity contribution in [1.82, 2.24) is 0 Å². The molecule has 34 heavy (non-hydrogen) atoms. The summed E-state index contributed by atoms with van der Waals surface area (Å²) in [5, 5.41) is 3.63. The predicted molar refractivity (Wildman–Crippen MR) is 138 cm³/mol. The van der Waals surface area contributed by atoms with Crippen LogP contribution in [0.1, 0.15) is 15.9 Å². The van der Waals surface area contributed by atoms with Crippen molar-refractivity contribution in [2.24, 2.45) is 0 Å². The Kier molecular flexibility index (Phi) is 7.72. The van der Waals surface area contributed by atoms with E-state index in [1.165, 1.54) is 17.7 Å². The van der Waals surface area contributed by atoms with Crippen LogP contribution in [0.5, 0.6) is 5.75 Å². The molecule has 3 nitrogen and oxygen atoms in total. The Balaban J connectivity index is 1.90. The van der Waals surface area contributed by atoms with Crippen LogP contribution in [0.3, 0.4) is 0 Å². The smallest absolute Gasteiger partial charge is 0.337 e. The van der Waals surface area contributed by atoms with Crippen molar-refractivity contribution in [3.05, 3.63) is 120 Å². The van der Waals surface area contributed by atoms with E-state index in [-0.39, 0.29) is 12.6 Å². The molecule has 4 aromatic rings. The number of carbonyl (C=O) groups is 1. The van der Waals surface area contributed by atoms with Gasteiger partial charge in [0.2, 0.25) is 0 Å². The summed E-state index contributed by atoms with van der Waals surface area (Å²) in [7, 11) is -0.785. The molecule has 0 heterocycles.